The maximum atomic E-state index is 12.3. The number of hydrogen-bond acceptors (Lipinski definition) is 3. The van der Waals surface area contributed by atoms with Crippen molar-refractivity contribution >= 4 is 6.03 Å². The van der Waals surface area contributed by atoms with E-state index in [2.05, 4.69) is 10.3 Å². The lowest BCUT2D eigenvalue weighted by molar-refractivity contribution is 0.178. The highest BCUT2D eigenvalue weighted by Gasteiger charge is 2.29. The maximum Gasteiger partial charge on any atom is 0.317 e. The molecule has 5 heteroatoms. The molecule has 3 rings (SSSR count). The van der Waals surface area contributed by atoms with Crippen LogP contribution in [-0.4, -0.2) is 41.2 Å². The van der Waals surface area contributed by atoms with Crippen LogP contribution in [0.25, 0.3) is 0 Å². The van der Waals surface area contributed by atoms with Gasteiger partial charge in [0.2, 0.25) is 5.88 Å². The Morgan fingerprint density at radius 1 is 1.27 bits per heavy atom. The van der Waals surface area contributed by atoms with Crippen molar-refractivity contribution in [1.82, 2.24) is 15.2 Å². The zero-order chi connectivity index (χ0) is 15.4. The second-order valence-electron chi connectivity index (χ2n) is 6.38. The lowest BCUT2D eigenvalue weighted by Gasteiger charge is -2.26. The Bertz CT molecular complexity index is 514. The van der Waals surface area contributed by atoms with Crippen molar-refractivity contribution in [2.75, 3.05) is 13.1 Å². The molecule has 22 heavy (non-hydrogen) atoms. The third-order valence-corrected chi connectivity index (χ3v) is 4.52. The van der Waals surface area contributed by atoms with E-state index < -0.39 is 0 Å². The standard InChI is InChI=1S/C17H25N3O2/c1-13-6-5-9-16(18-13)22-15-10-11-20(12-15)17(21)19-14-7-3-2-4-8-14/h5-6,9,14-15H,2-4,7-8,10-12H2,1H3,(H,19,21). The number of aromatic nitrogens is 1. The number of likely N-dealkylation sites (tertiary alicyclic amines) is 1. The molecule has 120 valence electrons. The van der Waals surface area contributed by atoms with E-state index in [1.54, 1.807) is 0 Å². The summed E-state index contributed by atoms with van der Waals surface area (Å²) in [7, 11) is 0. The Kier molecular flexibility index (Phi) is 4.80. The summed E-state index contributed by atoms with van der Waals surface area (Å²) in [6.07, 6.45) is 6.92. The Morgan fingerprint density at radius 3 is 2.86 bits per heavy atom. The molecule has 1 aliphatic carbocycles. The van der Waals surface area contributed by atoms with Gasteiger partial charge >= 0.3 is 6.03 Å². The smallest absolute Gasteiger partial charge is 0.317 e. The first-order chi connectivity index (χ1) is 10.7. The number of pyridine rings is 1. The van der Waals surface area contributed by atoms with Gasteiger partial charge in [-0.05, 0) is 25.8 Å². The van der Waals surface area contributed by atoms with Crippen LogP contribution < -0.4 is 10.1 Å². The van der Waals surface area contributed by atoms with E-state index in [-0.39, 0.29) is 12.1 Å². The van der Waals surface area contributed by atoms with Crippen LogP contribution in [0.5, 0.6) is 5.88 Å². The number of ether oxygens (including phenoxy) is 1. The van der Waals surface area contributed by atoms with E-state index >= 15 is 0 Å². The number of nitrogens with one attached hydrogen (secondary N) is 1. The molecule has 1 atom stereocenters. The van der Waals surface area contributed by atoms with Crippen molar-refractivity contribution in [3.05, 3.63) is 23.9 Å². The third kappa shape index (κ3) is 3.90. The molecule has 1 aromatic rings. The fourth-order valence-corrected chi connectivity index (χ4v) is 3.28. The lowest BCUT2D eigenvalue weighted by atomic mass is 9.96. The monoisotopic (exact) mass is 303 g/mol. The summed E-state index contributed by atoms with van der Waals surface area (Å²) in [6, 6.07) is 6.19. The number of nitrogens with zero attached hydrogens (tertiary/aromatic N) is 2. The highest BCUT2D eigenvalue weighted by atomic mass is 16.5. The predicted molar refractivity (Wildman–Crippen MR) is 85.0 cm³/mol. The van der Waals surface area contributed by atoms with Crippen LogP contribution in [-0.2, 0) is 0 Å². The molecular formula is C17H25N3O2. The van der Waals surface area contributed by atoms with Crippen LogP contribution in [0.1, 0.15) is 44.2 Å². The van der Waals surface area contributed by atoms with Gasteiger partial charge in [-0.1, -0.05) is 25.3 Å². The van der Waals surface area contributed by atoms with Gasteiger partial charge in [0.05, 0.1) is 6.54 Å². The van der Waals surface area contributed by atoms with Gasteiger partial charge in [-0.2, -0.15) is 0 Å². The molecule has 1 N–H and O–H groups in total. The molecule has 1 saturated carbocycles. The van der Waals surface area contributed by atoms with Crippen LogP contribution in [0, 0.1) is 6.92 Å². The molecule has 2 amide bonds. The number of urea groups is 1. The topological polar surface area (TPSA) is 54.5 Å². The minimum absolute atomic E-state index is 0.0476. The number of carbonyl (C=O) groups is 1. The first-order valence-corrected chi connectivity index (χ1v) is 8.36. The summed E-state index contributed by atoms with van der Waals surface area (Å²) in [5.74, 6) is 0.652. The van der Waals surface area contributed by atoms with E-state index in [1.807, 2.05) is 30.0 Å². The zero-order valence-electron chi connectivity index (χ0n) is 13.3. The molecule has 0 radical (unpaired) electrons. The van der Waals surface area contributed by atoms with Crippen molar-refractivity contribution in [2.45, 2.75) is 57.6 Å². The minimum atomic E-state index is 0.0476. The molecule has 1 aromatic heterocycles. The fraction of sp³-hybridized carbons (Fsp3) is 0.647. The average molecular weight is 303 g/mol. The number of carbonyl (C=O) groups excluding carboxylic acids is 1. The third-order valence-electron chi connectivity index (χ3n) is 4.52. The van der Waals surface area contributed by atoms with Crippen LogP contribution in [0.15, 0.2) is 18.2 Å². The quantitative estimate of drug-likeness (QED) is 0.934. The Balaban J connectivity index is 1.48. The Labute approximate surface area is 132 Å². The second kappa shape index (κ2) is 6.99. The van der Waals surface area contributed by atoms with Gasteiger partial charge in [0.15, 0.2) is 0 Å². The van der Waals surface area contributed by atoms with Gasteiger partial charge in [0.25, 0.3) is 0 Å². The second-order valence-corrected chi connectivity index (χ2v) is 6.38. The molecule has 2 heterocycles. The van der Waals surface area contributed by atoms with E-state index in [9.17, 15) is 4.79 Å². The molecule has 2 aliphatic rings. The first-order valence-electron chi connectivity index (χ1n) is 8.36. The highest BCUT2D eigenvalue weighted by molar-refractivity contribution is 5.74. The van der Waals surface area contributed by atoms with Gasteiger partial charge in [-0.3, -0.25) is 0 Å². The molecule has 1 saturated heterocycles. The van der Waals surface area contributed by atoms with Crippen LogP contribution >= 0.6 is 0 Å². The molecule has 2 fully saturated rings. The van der Waals surface area contributed by atoms with E-state index in [1.165, 1.54) is 19.3 Å². The number of aryl methyl sites for hydroxylation is 1. The fourth-order valence-electron chi connectivity index (χ4n) is 3.28. The molecule has 0 spiro atoms. The first kappa shape index (κ1) is 15.1. The van der Waals surface area contributed by atoms with Crippen LogP contribution in [0.4, 0.5) is 4.79 Å². The predicted octanol–water partition coefficient (Wildman–Crippen LogP) is 2.89. The maximum absolute atomic E-state index is 12.3. The average Bonchev–Trinajstić information content (AvgIpc) is 2.97. The van der Waals surface area contributed by atoms with Gasteiger partial charge in [0.1, 0.15) is 6.10 Å². The van der Waals surface area contributed by atoms with Crippen molar-refractivity contribution < 1.29 is 9.53 Å². The Morgan fingerprint density at radius 2 is 2.09 bits per heavy atom. The molecule has 1 aliphatic heterocycles. The van der Waals surface area contributed by atoms with E-state index in [4.69, 9.17) is 4.74 Å². The summed E-state index contributed by atoms with van der Waals surface area (Å²) in [6.45, 7) is 3.36. The van der Waals surface area contributed by atoms with Crippen molar-refractivity contribution in [3.8, 4) is 5.88 Å². The van der Waals surface area contributed by atoms with Gasteiger partial charge in [-0.15, -0.1) is 0 Å². The SMILES string of the molecule is Cc1cccc(OC2CCN(C(=O)NC3CCCCC3)C2)n1. The minimum Gasteiger partial charge on any atom is -0.472 e. The van der Waals surface area contributed by atoms with Gasteiger partial charge in [0, 0.05) is 30.8 Å². The molecule has 1 unspecified atom stereocenters. The van der Waals surface area contributed by atoms with E-state index in [0.717, 1.165) is 31.5 Å². The highest BCUT2D eigenvalue weighted by Crippen LogP contribution is 2.20. The number of hydrogen-bond donors (Lipinski definition) is 1. The summed E-state index contributed by atoms with van der Waals surface area (Å²) < 4.78 is 5.89. The largest absolute Gasteiger partial charge is 0.472 e. The van der Waals surface area contributed by atoms with Crippen molar-refractivity contribution in [1.29, 1.82) is 0 Å². The zero-order valence-corrected chi connectivity index (χ0v) is 13.3. The van der Waals surface area contributed by atoms with Gasteiger partial charge in [-0.25, -0.2) is 9.78 Å². The molecule has 5 nitrogen and oxygen atoms in total. The molecular weight excluding hydrogens is 278 g/mol. The Hall–Kier alpha value is -1.78. The summed E-state index contributed by atoms with van der Waals surface area (Å²) in [5, 5.41) is 3.17. The lowest BCUT2D eigenvalue weighted by Crippen LogP contribution is -2.45. The number of rotatable bonds is 3. The van der Waals surface area contributed by atoms with Crippen molar-refractivity contribution in [3.63, 3.8) is 0 Å². The summed E-state index contributed by atoms with van der Waals surface area (Å²) in [5.41, 5.74) is 0.947. The molecule has 0 bridgehead atoms. The summed E-state index contributed by atoms with van der Waals surface area (Å²) >= 11 is 0. The normalized spacial score (nSPS) is 22.6. The van der Waals surface area contributed by atoms with Crippen molar-refractivity contribution in [2.24, 2.45) is 0 Å². The van der Waals surface area contributed by atoms with Crippen LogP contribution in [0.2, 0.25) is 0 Å². The number of amides is 2. The van der Waals surface area contributed by atoms with Crippen LogP contribution in [0.3, 0.4) is 0 Å². The summed E-state index contributed by atoms with van der Waals surface area (Å²) in [4.78, 5) is 18.5. The van der Waals surface area contributed by atoms with Gasteiger partial charge < -0.3 is 15.0 Å². The van der Waals surface area contributed by atoms with E-state index in [0.29, 0.717) is 18.5 Å². The molecule has 0 aromatic carbocycles.